The molecule has 1 aromatic rings. The van der Waals surface area contributed by atoms with E-state index in [1.165, 1.54) is 31.3 Å². The van der Waals surface area contributed by atoms with Gasteiger partial charge in [0.05, 0.1) is 42.7 Å². The highest BCUT2D eigenvalue weighted by Crippen LogP contribution is 2.37. The number of rotatable bonds is 5. The first-order valence-corrected chi connectivity index (χ1v) is 13.5. The Balaban J connectivity index is 2.04. The van der Waals surface area contributed by atoms with E-state index in [1.54, 1.807) is 31.7 Å². The van der Waals surface area contributed by atoms with E-state index in [0.717, 1.165) is 6.26 Å². The number of carbonyl (C=O) groups excluding carboxylic acids is 3. The topological polar surface area (TPSA) is 132 Å². The smallest absolute Gasteiger partial charge is 0.410 e. The number of sulfone groups is 1. The van der Waals surface area contributed by atoms with Gasteiger partial charge in [-0.25, -0.2) is 22.8 Å². The van der Waals surface area contributed by atoms with Crippen LogP contribution in [0.4, 0.5) is 16.2 Å². The predicted octanol–water partition coefficient (Wildman–Crippen LogP) is 1.54. The van der Waals surface area contributed by atoms with Gasteiger partial charge < -0.3 is 33.6 Å². The first kappa shape index (κ1) is 28.3. The van der Waals surface area contributed by atoms with Gasteiger partial charge in [0.15, 0.2) is 9.84 Å². The van der Waals surface area contributed by atoms with Gasteiger partial charge in [-0.15, -0.1) is 0 Å². The van der Waals surface area contributed by atoms with E-state index in [2.05, 4.69) is 0 Å². The molecular weight excluding hydrogens is 506 g/mol. The number of piperazine rings is 1. The molecule has 0 bridgehead atoms. The number of hydrogen-bond donors (Lipinski definition) is 0. The SMILES string of the molecule is COC(=O)C1=C(C(=O)OC)N(c2cc(S(C)(=O)=O)ccc2N2CCN(C(=O)OC(C)(C)C)CC2)COC1. The summed E-state index contributed by atoms with van der Waals surface area (Å²) in [5, 5.41) is 0. The van der Waals surface area contributed by atoms with Gasteiger partial charge in [-0.2, -0.15) is 0 Å². The Kier molecular flexibility index (Phi) is 8.38. The molecule has 204 valence electrons. The maximum Gasteiger partial charge on any atom is 0.410 e. The Bertz CT molecular complexity index is 1200. The molecule has 3 rings (SSSR count). The minimum atomic E-state index is -3.61. The molecule has 37 heavy (non-hydrogen) atoms. The Morgan fingerprint density at radius 1 is 0.946 bits per heavy atom. The molecule has 2 aliphatic rings. The normalized spacial score (nSPS) is 17.0. The molecule has 0 radical (unpaired) electrons. The molecule has 1 fully saturated rings. The van der Waals surface area contributed by atoms with Crippen LogP contribution in [-0.4, -0.2) is 96.9 Å². The third-order valence-electron chi connectivity index (χ3n) is 5.77. The average molecular weight is 540 g/mol. The fourth-order valence-electron chi connectivity index (χ4n) is 4.01. The van der Waals surface area contributed by atoms with Crippen LogP contribution in [0.3, 0.4) is 0 Å². The second kappa shape index (κ2) is 11.0. The zero-order chi connectivity index (χ0) is 27.5. The van der Waals surface area contributed by atoms with Gasteiger partial charge in [0.25, 0.3) is 0 Å². The summed E-state index contributed by atoms with van der Waals surface area (Å²) in [6.07, 6.45) is 0.664. The first-order valence-electron chi connectivity index (χ1n) is 11.6. The Morgan fingerprint density at radius 3 is 2.11 bits per heavy atom. The third kappa shape index (κ3) is 6.52. The molecule has 1 saturated heterocycles. The molecule has 2 heterocycles. The van der Waals surface area contributed by atoms with Gasteiger partial charge >= 0.3 is 18.0 Å². The van der Waals surface area contributed by atoms with Crippen molar-refractivity contribution in [3.63, 3.8) is 0 Å². The number of hydrogen-bond acceptors (Lipinski definition) is 11. The Labute approximate surface area is 216 Å². The molecule has 1 aromatic carbocycles. The van der Waals surface area contributed by atoms with Crippen LogP contribution in [0.5, 0.6) is 0 Å². The van der Waals surface area contributed by atoms with Crippen molar-refractivity contribution in [1.82, 2.24) is 4.90 Å². The van der Waals surface area contributed by atoms with Crippen molar-refractivity contribution in [3.05, 3.63) is 29.5 Å². The number of benzene rings is 1. The van der Waals surface area contributed by atoms with Gasteiger partial charge in [0.2, 0.25) is 0 Å². The Morgan fingerprint density at radius 2 is 1.57 bits per heavy atom. The molecule has 0 saturated carbocycles. The molecule has 0 spiro atoms. The first-order chi connectivity index (χ1) is 17.3. The lowest BCUT2D eigenvalue weighted by Gasteiger charge is -2.39. The fraction of sp³-hybridized carbons (Fsp3) is 0.542. The number of nitrogens with zero attached hydrogens (tertiary/aromatic N) is 3. The van der Waals surface area contributed by atoms with Gasteiger partial charge in [-0.1, -0.05) is 0 Å². The zero-order valence-corrected chi connectivity index (χ0v) is 22.7. The number of methoxy groups -OCH3 is 2. The molecule has 0 unspecified atom stereocenters. The second-order valence-corrected chi connectivity index (χ2v) is 11.6. The highest BCUT2D eigenvalue weighted by atomic mass is 32.2. The van der Waals surface area contributed by atoms with E-state index in [0.29, 0.717) is 37.6 Å². The minimum Gasteiger partial charge on any atom is -0.466 e. The molecule has 2 aliphatic heterocycles. The lowest BCUT2D eigenvalue weighted by atomic mass is 10.1. The number of ether oxygens (including phenoxy) is 4. The van der Waals surface area contributed by atoms with Crippen molar-refractivity contribution in [2.24, 2.45) is 0 Å². The van der Waals surface area contributed by atoms with Crippen molar-refractivity contribution in [3.8, 4) is 0 Å². The summed E-state index contributed by atoms with van der Waals surface area (Å²) in [5.74, 6) is -1.56. The molecular formula is C24H33N3O9S. The standard InChI is InChI=1S/C24H33N3O9S/c1-24(2,3)36-23(30)26-11-9-25(10-12-26)18-8-7-16(37(6,31)32)13-19(18)27-15-35-14-17(21(28)33-4)20(27)22(29)34-5/h7-8,13H,9-12,14-15H2,1-6H3. The fourth-order valence-corrected chi connectivity index (χ4v) is 4.65. The zero-order valence-electron chi connectivity index (χ0n) is 21.9. The maximum atomic E-state index is 12.8. The third-order valence-corrected chi connectivity index (χ3v) is 6.88. The second-order valence-electron chi connectivity index (χ2n) is 9.59. The van der Waals surface area contributed by atoms with E-state index < -0.39 is 33.5 Å². The molecule has 0 N–H and O–H groups in total. The van der Waals surface area contributed by atoms with Crippen LogP contribution < -0.4 is 9.80 Å². The summed E-state index contributed by atoms with van der Waals surface area (Å²) in [6, 6.07) is 4.54. The number of amides is 1. The van der Waals surface area contributed by atoms with Crippen LogP contribution in [0.2, 0.25) is 0 Å². The molecule has 12 nitrogen and oxygen atoms in total. The Hall–Kier alpha value is -3.32. The van der Waals surface area contributed by atoms with Gasteiger partial charge in [0.1, 0.15) is 18.0 Å². The van der Waals surface area contributed by atoms with Crippen LogP contribution in [0.1, 0.15) is 20.8 Å². The van der Waals surface area contributed by atoms with Gasteiger partial charge in [-0.05, 0) is 39.0 Å². The van der Waals surface area contributed by atoms with E-state index in [9.17, 15) is 22.8 Å². The van der Waals surface area contributed by atoms with Crippen molar-refractivity contribution >= 4 is 39.2 Å². The monoisotopic (exact) mass is 539 g/mol. The molecule has 13 heteroatoms. The van der Waals surface area contributed by atoms with Crippen molar-refractivity contribution in [2.75, 3.05) is 69.8 Å². The van der Waals surface area contributed by atoms with Crippen molar-refractivity contribution in [1.29, 1.82) is 0 Å². The number of esters is 2. The van der Waals surface area contributed by atoms with Gasteiger partial charge in [0, 0.05) is 32.4 Å². The number of carbonyl (C=O) groups is 3. The summed E-state index contributed by atoms with van der Waals surface area (Å²) >= 11 is 0. The highest BCUT2D eigenvalue weighted by Gasteiger charge is 2.35. The molecule has 0 atom stereocenters. The summed E-state index contributed by atoms with van der Waals surface area (Å²) in [4.78, 5) is 42.7. The van der Waals surface area contributed by atoms with Crippen molar-refractivity contribution < 1.29 is 41.7 Å². The lowest BCUT2D eigenvalue weighted by Crippen LogP contribution is -2.50. The van der Waals surface area contributed by atoms with Crippen LogP contribution >= 0.6 is 0 Å². The van der Waals surface area contributed by atoms with Crippen LogP contribution in [-0.2, 0) is 38.4 Å². The summed E-state index contributed by atoms with van der Waals surface area (Å²) in [7, 11) is -1.24. The summed E-state index contributed by atoms with van der Waals surface area (Å²) in [6.45, 7) is 6.65. The largest absolute Gasteiger partial charge is 0.466 e. The van der Waals surface area contributed by atoms with E-state index in [-0.39, 0.29) is 29.5 Å². The number of anilines is 2. The van der Waals surface area contributed by atoms with Crippen LogP contribution in [0, 0.1) is 0 Å². The molecule has 0 aromatic heterocycles. The quantitative estimate of drug-likeness (QED) is 0.399. The predicted molar refractivity (Wildman–Crippen MR) is 134 cm³/mol. The van der Waals surface area contributed by atoms with E-state index in [1.807, 2.05) is 4.90 Å². The van der Waals surface area contributed by atoms with E-state index in [4.69, 9.17) is 18.9 Å². The van der Waals surface area contributed by atoms with Crippen LogP contribution in [0.25, 0.3) is 0 Å². The minimum absolute atomic E-state index is 0.0213. The van der Waals surface area contributed by atoms with Crippen molar-refractivity contribution in [2.45, 2.75) is 31.3 Å². The van der Waals surface area contributed by atoms with E-state index >= 15 is 0 Å². The van der Waals surface area contributed by atoms with Gasteiger partial charge in [-0.3, -0.25) is 0 Å². The molecule has 1 amide bonds. The summed E-state index contributed by atoms with van der Waals surface area (Å²) in [5.41, 5.74) is 0.152. The maximum absolute atomic E-state index is 12.8. The summed E-state index contributed by atoms with van der Waals surface area (Å²) < 4.78 is 45.6. The lowest BCUT2D eigenvalue weighted by molar-refractivity contribution is -0.140. The highest BCUT2D eigenvalue weighted by molar-refractivity contribution is 7.90. The molecule has 0 aliphatic carbocycles. The average Bonchev–Trinajstić information content (AvgIpc) is 2.85. The van der Waals surface area contributed by atoms with Crippen LogP contribution in [0.15, 0.2) is 34.4 Å².